The Morgan fingerprint density at radius 2 is 1.86 bits per heavy atom. The van der Waals surface area contributed by atoms with Gasteiger partial charge in [0.2, 0.25) is 0 Å². The van der Waals surface area contributed by atoms with Crippen molar-refractivity contribution >= 4 is 37.8 Å². The molecule has 0 aromatic rings. The van der Waals surface area contributed by atoms with Crippen LogP contribution in [0.25, 0.3) is 0 Å². The van der Waals surface area contributed by atoms with Crippen molar-refractivity contribution in [3.05, 3.63) is 0 Å². The molecule has 2 unspecified atom stereocenters. The molecule has 0 amide bonds. The molecule has 0 saturated carbocycles. The Balaban J connectivity index is 4.76. The van der Waals surface area contributed by atoms with Gasteiger partial charge in [-0.15, -0.1) is 11.7 Å². The standard InChI is InChI=1S/C13H26N2O4S2/c1-9(16)21(5,20)15-10(8-12(18)19)6-7-11(17)13(2,3)14-4/h10,14-15,20H,6-8H2,1-5H3,(H,18,19). The molecule has 8 heteroatoms. The smallest absolute Gasteiger partial charge is 0.304 e. The van der Waals surface area contributed by atoms with E-state index in [1.165, 1.54) is 6.92 Å². The minimum atomic E-state index is -2.02. The number of carbonyl (C=O) groups excluding carboxylic acids is 2. The third kappa shape index (κ3) is 7.30. The van der Waals surface area contributed by atoms with Gasteiger partial charge < -0.3 is 10.4 Å². The van der Waals surface area contributed by atoms with E-state index in [1.807, 2.05) is 0 Å². The number of hydrogen-bond donors (Lipinski definition) is 4. The molecule has 6 nitrogen and oxygen atoms in total. The van der Waals surface area contributed by atoms with Crippen molar-refractivity contribution in [2.45, 2.75) is 51.6 Å². The molecule has 0 aliphatic rings. The maximum Gasteiger partial charge on any atom is 0.304 e. The van der Waals surface area contributed by atoms with E-state index in [-0.39, 0.29) is 23.7 Å². The zero-order chi connectivity index (χ0) is 16.8. The van der Waals surface area contributed by atoms with Crippen LogP contribution in [0.5, 0.6) is 0 Å². The molecule has 0 fully saturated rings. The number of carboxylic acid groups (broad SMARTS) is 1. The maximum absolute atomic E-state index is 12.1. The van der Waals surface area contributed by atoms with Gasteiger partial charge in [0, 0.05) is 19.4 Å². The van der Waals surface area contributed by atoms with Crippen LogP contribution in [-0.4, -0.2) is 46.9 Å². The summed E-state index contributed by atoms with van der Waals surface area (Å²) in [6.07, 6.45) is 2.10. The second kappa shape index (κ2) is 8.17. The normalized spacial score (nSPS) is 17.6. The monoisotopic (exact) mass is 338 g/mol. The quantitative estimate of drug-likeness (QED) is 0.376. The SMILES string of the molecule is CNC(C)(C)C(=O)CCC(CC(=O)O)NS(C)(S)C(C)=O. The molecule has 0 rings (SSSR count). The zero-order valence-corrected chi connectivity index (χ0v) is 14.9. The van der Waals surface area contributed by atoms with E-state index in [9.17, 15) is 14.4 Å². The Morgan fingerprint density at radius 3 is 2.24 bits per heavy atom. The van der Waals surface area contributed by atoms with Crippen LogP contribution in [0, 0.1) is 0 Å². The first-order chi connectivity index (χ1) is 9.42. The Hall–Kier alpha value is -0.570. The molecular formula is C13H26N2O4S2. The van der Waals surface area contributed by atoms with Gasteiger partial charge in [0.25, 0.3) is 0 Å². The highest BCUT2D eigenvalue weighted by Gasteiger charge is 2.28. The van der Waals surface area contributed by atoms with Gasteiger partial charge >= 0.3 is 5.97 Å². The summed E-state index contributed by atoms with van der Waals surface area (Å²) in [7, 11) is -0.313. The molecule has 0 saturated heterocycles. The summed E-state index contributed by atoms with van der Waals surface area (Å²) >= 11 is 4.30. The van der Waals surface area contributed by atoms with Gasteiger partial charge in [-0.1, -0.05) is 9.25 Å². The molecule has 0 aromatic heterocycles. The van der Waals surface area contributed by atoms with Gasteiger partial charge in [0.15, 0.2) is 10.9 Å². The minimum Gasteiger partial charge on any atom is -0.481 e. The summed E-state index contributed by atoms with van der Waals surface area (Å²) in [6, 6.07) is -0.458. The topological polar surface area (TPSA) is 95.5 Å². The van der Waals surface area contributed by atoms with E-state index in [2.05, 4.69) is 21.7 Å². The Kier molecular flexibility index (Phi) is 7.94. The first-order valence-electron chi connectivity index (χ1n) is 6.65. The molecule has 0 bridgehead atoms. The number of aliphatic carboxylic acids is 1. The van der Waals surface area contributed by atoms with Crippen LogP contribution in [0.2, 0.25) is 0 Å². The fourth-order valence-corrected chi connectivity index (χ4v) is 3.04. The fourth-order valence-electron chi connectivity index (χ4n) is 1.58. The largest absolute Gasteiger partial charge is 0.481 e. The predicted molar refractivity (Wildman–Crippen MR) is 89.7 cm³/mol. The zero-order valence-electron chi connectivity index (χ0n) is 13.2. The van der Waals surface area contributed by atoms with E-state index in [0.29, 0.717) is 6.42 Å². The summed E-state index contributed by atoms with van der Waals surface area (Å²) in [5.74, 6) is -0.971. The number of Topliss-reactive ketones (excluding diaryl/α,β-unsaturated/α-hetero) is 1. The molecule has 0 spiro atoms. The predicted octanol–water partition coefficient (Wildman–Crippen LogP) is 1.51. The van der Waals surface area contributed by atoms with Gasteiger partial charge in [-0.05, 0) is 33.6 Å². The summed E-state index contributed by atoms with van der Waals surface area (Å²) in [5.41, 5.74) is -0.647. The molecule has 2 atom stereocenters. The first-order valence-corrected chi connectivity index (χ1v) is 9.74. The molecule has 124 valence electrons. The summed E-state index contributed by atoms with van der Waals surface area (Å²) in [4.78, 5) is 34.5. The molecule has 0 aliphatic carbocycles. The number of carbonyl (C=O) groups is 3. The second-order valence-corrected chi connectivity index (χ2v) is 10.4. The van der Waals surface area contributed by atoms with Crippen LogP contribution in [0.3, 0.4) is 0 Å². The van der Waals surface area contributed by atoms with Crippen LogP contribution >= 0.6 is 20.9 Å². The van der Waals surface area contributed by atoms with Crippen molar-refractivity contribution in [2.75, 3.05) is 13.3 Å². The first kappa shape index (κ1) is 20.4. The van der Waals surface area contributed by atoms with Crippen molar-refractivity contribution in [1.29, 1.82) is 0 Å². The molecule has 21 heavy (non-hydrogen) atoms. The van der Waals surface area contributed by atoms with E-state index in [4.69, 9.17) is 5.11 Å². The van der Waals surface area contributed by atoms with Crippen LogP contribution in [0.4, 0.5) is 0 Å². The van der Waals surface area contributed by atoms with E-state index >= 15 is 0 Å². The Morgan fingerprint density at radius 1 is 1.33 bits per heavy atom. The van der Waals surface area contributed by atoms with Crippen molar-refractivity contribution in [3.8, 4) is 0 Å². The summed E-state index contributed by atoms with van der Waals surface area (Å²) < 4.78 is 2.99. The second-order valence-electron chi connectivity index (χ2n) is 5.62. The lowest BCUT2D eigenvalue weighted by Crippen LogP contribution is -2.45. The average Bonchev–Trinajstić information content (AvgIpc) is 2.34. The Labute approximate surface area is 132 Å². The highest BCUT2D eigenvalue weighted by Crippen LogP contribution is 2.46. The van der Waals surface area contributed by atoms with Crippen molar-refractivity contribution in [2.24, 2.45) is 0 Å². The van der Waals surface area contributed by atoms with Crippen LogP contribution < -0.4 is 10.0 Å². The van der Waals surface area contributed by atoms with Gasteiger partial charge in [-0.2, -0.15) is 0 Å². The van der Waals surface area contributed by atoms with Crippen LogP contribution in [-0.2, 0) is 14.4 Å². The highest BCUT2D eigenvalue weighted by atomic mass is 33.1. The van der Waals surface area contributed by atoms with Gasteiger partial charge in [-0.25, -0.2) is 0 Å². The van der Waals surface area contributed by atoms with E-state index in [1.54, 1.807) is 27.2 Å². The number of rotatable bonds is 9. The number of likely N-dealkylation sites (N-methyl/N-ethyl adjacent to an activating group) is 1. The fraction of sp³-hybridized carbons (Fsp3) is 0.769. The molecule has 0 aliphatic heterocycles. The van der Waals surface area contributed by atoms with Crippen molar-refractivity contribution in [1.82, 2.24) is 10.0 Å². The molecule has 0 heterocycles. The van der Waals surface area contributed by atoms with Gasteiger partial charge in [0.05, 0.1) is 12.0 Å². The number of ketones is 1. The third-order valence-corrected chi connectivity index (χ3v) is 6.42. The third-order valence-electron chi connectivity index (χ3n) is 3.42. The van der Waals surface area contributed by atoms with Crippen molar-refractivity contribution in [3.63, 3.8) is 0 Å². The lowest BCUT2D eigenvalue weighted by atomic mass is 9.94. The number of nitrogens with one attached hydrogen (secondary N) is 2. The van der Waals surface area contributed by atoms with Gasteiger partial charge in [-0.3, -0.25) is 19.1 Å². The Bertz CT molecular complexity index is 411. The average molecular weight is 338 g/mol. The molecular weight excluding hydrogens is 312 g/mol. The van der Waals surface area contributed by atoms with E-state index < -0.39 is 26.8 Å². The number of hydrogen-bond acceptors (Lipinski definition) is 6. The summed E-state index contributed by atoms with van der Waals surface area (Å²) in [5, 5.41) is 11.8. The summed E-state index contributed by atoms with van der Waals surface area (Å²) in [6.45, 7) is 4.97. The molecule has 3 N–H and O–H groups in total. The highest BCUT2D eigenvalue weighted by molar-refractivity contribution is 8.93. The minimum absolute atomic E-state index is 0.000816. The number of thiol groups is 1. The maximum atomic E-state index is 12.1. The molecule has 0 aromatic carbocycles. The van der Waals surface area contributed by atoms with Crippen LogP contribution in [0.1, 0.15) is 40.0 Å². The van der Waals surface area contributed by atoms with Gasteiger partial charge in [0.1, 0.15) is 0 Å². The van der Waals surface area contributed by atoms with E-state index in [0.717, 1.165) is 0 Å². The molecule has 0 radical (unpaired) electrons. The van der Waals surface area contributed by atoms with Crippen LogP contribution in [0.15, 0.2) is 0 Å². The lowest BCUT2D eigenvalue weighted by molar-refractivity contribution is -0.137. The lowest BCUT2D eigenvalue weighted by Gasteiger charge is -2.33. The van der Waals surface area contributed by atoms with Crippen molar-refractivity contribution < 1.29 is 19.5 Å². The number of carboxylic acids is 1.